The van der Waals surface area contributed by atoms with Gasteiger partial charge in [-0.25, -0.2) is 4.68 Å². The van der Waals surface area contributed by atoms with E-state index in [1.165, 1.54) is 0 Å². The largest absolute Gasteiger partial charge is 0.497 e. The maximum absolute atomic E-state index is 5.91. The van der Waals surface area contributed by atoms with Crippen molar-refractivity contribution < 1.29 is 14.2 Å². The van der Waals surface area contributed by atoms with Crippen molar-refractivity contribution in [3.05, 3.63) is 54.6 Å². The number of nitrogens with two attached hydrogens (primary N) is 1. The standard InChI is InChI=1S/C18H19N3O3/c1-22-12-24-16-7-3-13(4-8-16)17-11-18(19)20-21(17)14-5-9-15(23-2)10-6-14/h3-11H,12H2,1-2H3,(H2,19,20). The molecule has 2 aromatic carbocycles. The van der Waals surface area contributed by atoms with Gasteiger partial charge in [-0.2, -0.15) is 5.10 Å². The molecule has 6 heteroatoms. The van der Waals surface area contributed by atoms with Crippen LogP contribution in [-0.4, -0.2) is 30.8 Å². The van der Waals surface area contributed by atoms with E-state index in [0.717, 1.165) is 28.4 Å². The summed E-state index contributed by atoms with van der Waals surface area (Å²) >= 11 is 0. The van der Waals surface area contributed by atoms with Gasteiger partial charge in [-0.1, -0.05) is 0 Å². The van der Waals surface area contributed by atoms with Crippen molar-refractivity contribution in [2.75, 3.05) is 26.7 Å². The molecule has 2 N–H and O–H groups in total. The summed E-state index contributed by atoms with van der Waals surface area (Å²) in [6, 6.07) is 17.2. The molecule has 24 heavy (non-hydrogen) atoms. The Hall–Kier alpha value is -2.99. The summed E-state index contributed by atoms with van der Waals surface area (Å²) in [7, 11) is 3.23. The van der Waals surface area contributed by atoms with Crippen molar-refractivity contribution in [1.82, 2.24) is 9.78 Å². The van der Waals surface area contributed by atoms with Crippen LogP contribution in [0.3, 0.4) is 0 Å². The van der Waals surface area contributed by atoms with Gasteiger partial charge in [-0.3, -0.25) is 0 Å². The predicted molar refractivity (Wildman–Crippen MR) is 92.5 cm³/mol. The smallest absolute Gasteiger partial charge is 0.188 e. The fourth-order valence-corrected chi connectivity index (χ4v) is 2.37. The predicted octanol–water partition coefficient (Wildman–Crippen LogP) is 3.11. The third-order valence-electron chi connectivity index (χ3n) is 3.54. The van der Waals surface area contributed by atoms with E-state index in [1.54, 1.807) is 18.9 Å². The molecule has 6 nitrogen and oxygen atoms in total. The molecule has 3 rings (SSSR count). The van der Waals surface area contributed by atoms with Crippen LogP contribution < -0.4 is 15.2 Å². The van der Waals surface area contributed by atoms with E-state index in [2.05, 4.69) is 5.10 Å². The van der Waals surface area contributed by atoms with Gasteiger partial charge < -0.3 is 19.9 Å². The molecule has 1 heterocycles. The lowest BCUT2D eigenvalue weighted by Crippen LogP contribution is -2.00. The Morgan fingerprint density at radius 1 is 0.958 bits per heavy atom. The minimum Gasteiger partial charge on any atom is -0.497 e. The van der Waals surface area contributed by atoms with Gasteiger partial charge >= 0.3 is 0 Å². The van der Waals surface area contributed by atoms with Gasteiger partial charge in [-0.15, -0.1) is 0 Å². The molecule has 3 aromatic rings. The zero-order valence-corrected chi connectivity index (χ0v) is 13.6. The lowest BCUT2D eigenvalue weighted by molar-refractivity contribution is 0.0511. The van der Waals surface area contributed by atoms with Crippen molar-refractivity contribution in [2.24, 2.45) is 0 Å². The van der Waals surface area contributed by atoms with Gasteiger partial charge in [0, 0.05) is 18.7 Å². The van der Waals surface area contributed by atoms with Gasteiger partial charge in [0.05, 0.1) is 18.5 Å². The van der Waals surface area contributed by atoms with Crippen LogP contribution in [0.25, 0.3) is 16.9 Å². The van der Waals surface area contributed by atoms with Gasteiger partial charge in [0.15, 0.2) is 6.79 Å². The first-order chi connectivity index (χ1) is 11.7. The third kappa shape index (κ3) is 3.33. The number of nitrogen functional groups attached to an aromatic ring is 1. The molecule has 0 spiro atoms. The molecule has 0 atom stereocenters. The van der Waals surface area contributed by atoms with Crippen LogP contribution in [0.4, 0.5) is 5.82 Å². The molecule has 1 aromatic heterocycles. The number of nitrogens with zero attached hydrogens (tertiary/aromatic N) is 2. The van der Waals surface area contributed by atoms with E-state index in [9.17, 15) is 0 Å². The van der Waals surface area contributed by atoms with E-state index >= 15 is 0 Å². The summed E-state index contributed by atoms with van der Waals surface area (Å²) in [5.74, 6) is 1.99. The number of ether oxygens (including phenoxy) is 3. The fraction of sp³-hybridized carbons (Fsp3) is 0.167. The van der Waals surface area contributed by atoms with Gasteiger partial charge in [0.2, 0.25) is 0 Å². The van der Waals surface area contributed by atoms with Gasteiger partial charge in [0.1, 0.15) is 17.3 Å². The molecule has 0 aliphatic heterocycles. The minimum atomic E-state index is 0.218. The molecule has 0 bridgehead atoms. The second-order valence-electron chi connectivity index (χ2n) is 5.14. The molecule has 0 radical (unpaired) electrons. The van der Waals surface area contributed by atoms with E-state index < -0.39 is 0 Å². The number of hydrogen-bond donors (Lipinski definition) is 1. The Balaban J connectivity index is 1.93. The number of anilines is 1. The maximum Gasteiger partial charge on any atom is 0.188 e. The lowest BCUT2D eigenvalue weighted by Gasteiger charge is -2.09. The Kier molecular flexibility index (Phi) is 4.67. The van der Waals surface area contributed by atoms with E-state index in [1.807, 2.05) is 54.6 Å². The van der Waals surface area contributed by atoms with Crippen molar-refractivity contribution in [3.8, 4) is 28.4 Å². The fourth-order valence-electron chi connectivity index (χ4n) is 2.37. The SMILES string of the molecule is COCOc1ccc(-c2cc(N)nn2-c2ccc(OC)cc2)cc1. The number of hydrogen-bond acceptors (Lipinski definition) is 5. The third-order valence-corrected chi connectivity index (χ3v) is 3.54. The Labute approximate surface area is 140 Å². The minimum absolute atomic E-state index is 0.218. The van der Waals surface area contributed by atoms with Crippen LogP contribution in [0, 0.1) is 0 Å². The molecule has 0 aliphatic carbocycles. The summed E-state index contributed by atoms with van der Waals surface area (Å²) in [6.45, 7) is 0.218. The molecule has 0 fully saturated rings. The van der Waals surface area contributed by atoms with E-state index in [0.29, 0.717) is 5.82 Å². The molecule has 0 saturated heterocycles. The van der Waals surface area contributed by atoms with Crippen LogP contribution in [0.2, 0.25) is 0 Å². The highest BCUT2D eigenvalue weighted by Crippen LogP contribution is 2.27. The molecule has 0 amide bonds. The Morgan fingerprint density at radius 3 is 2.25 bits per heavy atom. The normalized spacial score (nSPS) is 10.6. The maximum atomic E-state index is 5.91. The second-order valence-corrected chi connectivity index (χ2v) is 5.14. The van der Waals surface area contributed by atoms with Crippen molar-refractivity contribution >= 4 is 5.82 Å². The van der Waals surface area contributed by atoms with Crippen molar-refractivity contribution in [3.63, 3.8) is 0 Å². The monoisotopic (exact) mass is 325 g/mol. The summed E-state index contributed by atoms with van der Waals surface area (Å²) in [5.41, 5.74) is 8.70. The summed E-state index contributed by atoms with van der Waals surface area (Å²) < 4.78 is 17.3. The van der Waals surface area contributed by atoms with E-state index in [-0.39, 0.29) is 6.79 Å². The number of aromatic nitrogens is 2. The molecule has 124 valence electrons. The highest BCUT2D eigenvalue weighted by Gasteiger charge is 2.11. The zero-order valence-electron chi connectivity index (χ0n) is 13.6. The van der Waals surface area contributed by atoms with Gasteiger partial charge in [0.25, 0.3) is 0 Å². The number of benzene rings is 2. The Bertz CT molecular complexity index is 795. The average Bonchev–Trinajstić information content (AvgIpc) is 3.02. The van der Waals surface area contributed by atoms with E-state index in [4.69, 9.17) is 19.9 Å². The van der Waals surface area contributed by atoms with Crippen LogP contribution in [0.15, 0.2) is 54.6 Å². The van der Waals surface area contributed by atoms with Gasteiger partial charge in [-0.05, 0) is 48.5 Å². The number of rotatable bonds is 6. The van der Waals surface area contributed by atoms with Crippen LogP contribution in [0.5, 0.6) is 11.5 Å². The molecule has 0 aliphatic rings. The first kappa shape index (κ1) is 15.9. The summed E-state index contributed by atoms with van der Waals surface area (Å²) in [4.78, 5) is 0. The zero-order chi connectivity index (χ0) is 16.9. The molecule has 0 saturated carbocycles. The van der Waals surface area contributed by atoms with Crippen LogP contribution in [-0.2, 0) is 4.74 Å². The summed E-state index contributed by atoms with van der Waals surface area (Å²) in [5, 5.41) is 4.39. The second kappa shape index (κ2) is 7.06. The molecular weight excluding hydrogens is 306 g/mol. The topological polar surface area (TPSA) is 71.5 Å². The number of methoxy groups -OCH3 is 2. The highest BCUT2D eigenvalue weighted by atomic mass is 16.7. The summed E-state index contributed by atoms with van der Waals surface area (Å²) in [6.07, 6.45) is 0. The van der Waals surface area contributed by atoms with Crippen LogP contribution in [0.1, 0.15) is 0 Å². The molecular formula is C18H19N3O3. The van der Waals surface area contributed by atoms with Crippen molar-refractivity contribution in [1.29, 1.82) is 0 Å². The van der Waals surface area contributed by atoms with Crippen molar-refractivity contribution in [2.45, 2.75) is 0 Å². The lowest BCUT2D eigenvalue weighted by atomic mass is 10.1. The quantitative estimate of drug-likeness (QED) is 0.705. The Morgan fingerprint density at radius 2 is 1.62 bits per heavy atom. The first-order valence-electron chi connectivity index (χ1n) is 7.43. The average molecular weight is 325 g/mol. The first-order valence-corrected chi connectivity index (χ1v) is 7.43. The highest BCUT2D eigenvalue weighted by molar-refractivity contribution is 5.66. The van der Waals surface area contributed by atoms with Crippen LogP contribution >= 0.6 is 0 Å². The molecule has 0 unspecified atom stereocenters.